The molecule has 46 heavy (non-hydrogen) atoms. The summed E-state index contributed by atoms with van der Waals surface area (Å²) in [4.78, 5) is 23.6. The van der Waals surface area contributed by atoms with Gasteiger partial charge in [0.2, 0.25) is 0 Å². The molecule has 3 rings (SSSR count). The number of aliphatic hydroxyl groups is 2. The molecule has 3 aromatic carbocycles. The third-order valence-corrected chi connectivity index (χ3v) is 6.89. The molecule has 0 fully saturated rings. The van der Waals surface area contributed by atoms with Gasteiger partial charge < -0.3 is 29.2 Å². The topological polar surface area (TPSA) is 112 Å². The number of aryl methyl sites for hydroxylation is 1. The molecule has 0 saturated heterocycles. The van der Waals surface area contributed by atoms with E-state index >= 15 is 0 Å². The first-order valence-corrected chi connectivity index (χ1v) is 15.3. The first-order valence-electron chi connectivity index (χ1n) is 15.3. The van der Waals surface area contributed by atoms with Crippen molar-refractivity contribution >= 4 is 11.9 Å². The highest BCUT2D eigenvalue weighted by atomic mass is 19.1. The number of halogens is 1. The van der Waals surface area contributed by atoms with Gasteiger partial charge >= 0.3 is 11.9 Å². The second-order valence-corrected chi connectivity index (χ2v) is 10.6. The molecule has 0 amide bonds. The molecule has 1 atom stereocenters. The molecule has 3 aromatic rings. The smallest absolute Gasteiger partial charge is 0.335 e. The van der Waals surface area contributed by atoms with E-state index in [1.165, 1.54) is 6.07 Å². The van der Waals surface area contributed by atoms with Crippen molar-refractivity contribution in [3.63, 3.8) is 0 Å². The summed E-state index contributed by atoms with van der Waals surface area (Å²) in [5, 5.41) is 18.1. The van der Waals surface area contributed by atoms with Crippen molar-refractivity contribution in [3.05, 3.63) is 95.3 Å². The normalized spacial score (nSPS) is 11.2. The Bertz CT molecular complexity index is 1520. The van der Waals surface area contributed by atoms with E-state index in [9.17, 15) is 14.0 Å². The summed E-state index contributed by atoms with van der Waals surface area (Å²) in [6.07, 6.45) is 3.85. The molecular weight excluding hydrogens is 591 g/mol. The minimum atomic E-state index is -0.707. The van der Waals surface area contributed by atoms with Crippen molar-refractivity contribution in [2.45, 2.75) is 39.5 Å². The van der Waals surface area contributed by atoms with Crippen LogP contribution in [0.4, 0.5) is 4.39 Å². The first-order chi connectivity index (χ1) is 22.2. The van der Waals surface area contributed by atoms with Crippen molar-refractivity contribution in [3.8, 4) is 34.5 Å². The summed E-state index contributed by atoms with van der Waals surface area (Å²) < 4.78 is 36.3. The van der Waals surface area contributed by atoms with Crippen LogP contribution in [-0.4, -0.2) is 61.8 Å². The lowest BCUT2D eigenvalue weighted by Crippen LogP contribution is -2.20. The van der Waals surface area contributed by atoms with Crippen LogP contribution in [0.5, 0.6) is 11.5 Å². The highest BCUT2D eigenvalue weighted by Gasteiger charge is 2.13. The summed E-state index contributed by atoms with van der Waals surface area (Å²) in [6, 6.07) is 17.9. The molecule has 0 aromatic heterocycles. The zero-order chi connectivity index (χ0) is 33.3. The summed E-state index contributed by atoms with van der Waals surface area (Å²) in [6.45, 7) is 6.36. The molecule has 244 valence electrons. The molecule has 0 radical (unpaired) electrons. The molecule has 8 nitrogen and oxygen atoms in total. The van der Waals surface area contributed by atoms with Crippen LogP contribution in [0, 0.1) is 23.6 Å². The van der Waals surface area contributed by atoms with Crippen LogP contribution in [0.2, 0.25) is 0 Å². The molecule has 9 heteroatoms. The molecule has 0 saturated carbocycles. The molecular formula is C37H41FO8. The minimum absolute atomic E-state index is 0.00681. The largest absolute Gasteiger partial charge is 0.490 e. The molecule has 0 bridgehead atoms. The average molecular weight is 633 g/mol. The summed E-state index contributed by atoms with van der Waals surface area (Å²) in [7, 11) is 0. The van der Waals surface area contributed by atoms with Gasteiger partial charge in [-0.05, 0) is 72.9 Å². The first kappa shape index (κ1) is 35.8. The predicted octanol–water partition coefficient (Wildman–Crippen LogP) is 5.65. The van der Waals surface area contributed by atoms with Crippen molar-refractivity contribution < 1.29 is 43.1 Å². The van der Waals surface area contributed by atoms with Crippen molar-refractivity contribution in [1.29, 1.82) is 0 Å². The number of hydrogen-bond acceptors (Lipinski definition) is 8. The molecule has 0 aliphatic rings. The number of rotatable bonds is 17. The van der Waals surface area contributed by atoms with E-state index in [0.29, 0.717) is 22.6 Å². The number of hydrogen-bond donors (Lipinski definition) is 2. The monoisotopic (exact) mass is 632 g/mol. The molecule has 0 aliphatic heterocycles. The van der Waals surface area contributed by atoms with Crippen LogP contribution < -0.4 is 9.47 Å². The molecule has 0 heterocycles. The zero-order valence-corrected chi connectivity index (χ0v) is 26.4. The second kappa shape index (κ2) is 19.0. The minimum Gasteiger partial charge on any atom is -0.490 e. The predicted molar refractivity (Wildman–Crippen MR) is 173 cm³/mol. The maximum Gasteiger partial charge on any atom is 0.335 e. The lowest BCUT2D eigenvalue weighted by atomic mass is 10.0. The number of esters is 2. The Balaban J connectivity index is 1.71. The number of ether oxygens (including phenoxy) is 4. The van der Waals surface area contributed by atoms with E-state index in [4.69, 9.17) is 29.2 Å². The quantitative estimate of drug-likeness (QED) is 0.0851. The third kappa shape index (κ3) is 11.7. The van der Waals surface area contributed by atoms with Crippen LogP contribution in [0.3, 0.4) is 0 Å². The Morgan fingerprint density at radius 1 is 0.826 bits per heavy atom. The van der Waals surface area contributed by atoms with E-state index in [2.05, 4.69) is 25.3 Å². The molecule has 1 unspecified atom stereocenters. The van der Waals surface area contributed by atoms with Crippen molar-refractivity contribution in [2.24, 2.45) is 5.92 Å². The number of carbonyl (C=O) groups is 2. The Hall–Kier alpha value is -4.65. The molecule has 2 N–H and O–H groups in total. The summed E-state index contributed by atoms with van der Waals surface area (Å²) in [5.41, 5.74) is 3.63. The van der Waals surface area contributed by atoms with Crippen LogP contribution >= 0.6 is 0 Å². The maximum atomic E-state index is 14.5. The Morgan fingerprint density at radius 2 is 1.46 bits per heavy atom. The lowest BCUT2D eigenvalue weighted by Gasteiger charge is -2.14. The average Bonchev–Trinajstić information content (AvgIpc) is 3.07. The van der Waals surface area contributed by atoms with E-state index in [1.807, 2.05) is 42.5 Å². The SMILES string of the molecule is C=C(CO)C(=O)OCCOc1cc(OCCOC(=O)C(C)CO)cc(-c2ccc(C#Cc3ccc(CCCCC)c(F)c3)cc2)c1. The van der Waals surface area contributed by atoms with Gasteiger partial charge in [0, 0.05) is 17.2 Å². The molecule has 0 aliphatic carbocycles. The zero-order valence-electron chi connectivity index (χ0n) is 26.4. The van der Waals surface area contributed by atoms with E-state index in [0.717, 1.165) is 42.4 Å². The van der Waals surface area contributed by atoms with Gasteiger partial charge in [0.05, 0.1) is 24.7 Å². The maximum absolute atomic E-state index is 14.5. The highest BCUT2D eigenvalue weighted by Crippen LogP contribution is 2.30. The number of unbranched alkanes of at least 4 members (excludes halogenated alkanes) is 2. The lowest BCUT2D eigenvalue weighted by molar-refractivity contribution is -0.149. The van der Waals surface area contributed by atoms with Crippen molar-refractivity contribution in [1.82, 2.24) is 0 Å². The van der Waals surface area contributed by atoms with Crippen LogP contribution in [0.25, 0.3) is 11.1 Å². The van der Waals surface area contributed by atoms with Gasteiger partial charge in [0.15, 0.2) is 0 Å². The van der Waals surface area contributed by atoms with Crippen molar-refractivity contribution in [2.75, 3.05) is 39.6 Å². The fourth-order valence-corrected chi connectivity index (χ4v) is 4.17. The summed E-state index contributed by atoms with van der Waals surface area (Å²) >= 11 is 0. The van der Waals surface area contributed by atoms with E-state index in [1.54, 1.807) is 19.1 Å². The Morgan fingerprint density at radius 3 is 2.07 bits per heavy atom. The third-order valence-electron chi connectivity index (χ3n) is 6.89. The van der Waals surface area contributed by atoms with E-state index < -0.39 is 24.5 Å². The number of carbonyl (C=O) groups excluding carboxylic acids is 2. The van der Waals surface area contributed by atoms with Gasteiger partial charge in [-0.2, -0.15) is 0 Å². The Labute approximate surface area is 269 Å². The van der Waals surface area contributed by atoms with Gasteiger partial charge in [-0.3, -0.25) is 4.79 Å². The van der Waals surface area contributed by atoms with Gasteiger partial charge in [-0.25, -0.2) is 9.18 Å². The molecule has 0 spiro atoms. The van der Waals surface area contributed by atoms with Gasteiger partial charge in [-0.1, -0.05) is 56.4 Å². The van der Waals surface area contributed by atoms with Gasteiger partial charge in [0.1, 0.15) is 43.7 Å². The van der Waals surface area contributed by atoms with Gasteiger partial charge in [0.25, 0.3) is 0 Å². The Kier molecular flexibility index (Phi) is 14.8. The van der Waals surface area contributed by atoms with Crippen LogP contribution in [-0.2, 0) is 25.5 Å². The summed E-state index contributed by atoms with van der Waals surface area (Å²) in [5.74, 6) is 4.94. The van der Waals surface area contributed by atoms with Gasteiger partial charge in [-0.15, -0.1) is 0 Å². The fourth-order valence-electron chi connectivity index (χ4n) is 4.17. The van der Waals surface area contributed by atoms with Crippen LogP contribution in [0.15, 0.2) is 72.8 Å². The highest BCUT2D eigenvalue weighted by molar-refractivity contribution is 5.87. The number of benzene rings is 3. The van der Waals surface area contributed by atoms with E-state index in [-0.39, 0.29) is 44.4 Å². The number of aliphatic hydroxyl groups excluding tert-OH is 2. The second-order valence-electron chi connectivity index (χ2n) is 10.6. The van der Waals surface area contributed by atoms with Crippen LogP contribution in [0.1, 0.15) is 49.8 Å². The fraction of sp³-hybridized carbons (Fsp3) is 0.351. The standard InChI is InChI=1S/C37H41FO8/c1-4-5-6-7-31-15-12-29(20-35(31)38)9-8-28-10-13-30(14-11-28)32-21-33(43-16-18-45-36(41)26(2)24-39)23-34(22-32)44-17-19-46-37(42)27(3)25-40/h10-15,20-23,27,39-40H,2,4-7,16-19,24-25H2,1,3H3.